The monoisotopic (exact) mass is 305 g/mol. The second kappa shape index (κ2) is 6.30. The van der Waals surface area contributed by atoms with Crippen molar-refractivity contribution in [1.29, 1.82) is 0 Å². The molecule has 0 saturated carbocycles. The van der Waals surface area contributed by atoms with Gasteiger partial charge in [0.2, 0.25) is 0 Å². The minimum absolute atomic E-state index is 0.436. The zero-order valence-electron chi connectivity index (χ0n) is 11.7. The first-order chi connectivity index (χ1) is 9.78. The average Bonchev–Trinajstić information content (AvgIpc) is 2.90. The van der Waals surface area contributed by atoms with Gasteiger partial charge in [0.25, 0.3) is 0 Å². The van der Waals surface area contributed by atoms with Gasteiger partial charge in [-0.2, -0.15) is 0 Å². The average molecular weight is 306 g/mol. The molecule has 0 bridgehead atoms. The summed E-state index contributed by atoms with van der Waals surface area (Å²) in [6.07, 6.45) is 3.62. The molecule has 106 valence electrons. The van der Waals surface area contributed by atoms with E-state index in [-0.39, 0.29) is 0 Å². The lowest BCUT2D eigenvalue weighted by molar-refractivity contribution is 0.334. The number of rotatable bonds is 4. The number of nitrogens with one attached hydrogen (secondary N) is 1. The van der Waals surface area contributed by atoms with E-state index in [1.165, 1.54) is 35.3 Å². The van der Waals surface area contributed by atoms with Crippen LogP contribution in [0.3, 0.4) is 0 Å². The fourth-order valence-electron chi connectivity index (χ4n) is 3.23. The van der Waals surface area contributed by atoms with Gasteiger partial charge in [0.15, 0.2) is 0 Å². The summed E-state index contributed by atoms with van der Waals surface area (Å²) in [5.74, 6) is 0.666. The van der Waals surface area contributed by atoms with Crippen molar-refractivity contribution in [1.82, 2.24) is 5.32 Å². The van der Waals surface area contributed by atoms with E-state index in [1.807, 2.05) is 6.07 Å². The molecule has 1 aliphatic carbocycles. The molecule has 3 heteroatoms. The molecule has 1 aromatic carbocycles. The molecule has 1 aliphatic rings. The van der Waals surface area contributed by atoms with Crippen LogP contribution in [-0.2, 0) is 12.8 Å². The van der Waals surface area contributed by atoms with Crippen molar-refractivity contribution in [2.75, 3.05) is 6.54 Å². The maximum atomic E-state index is 6.12. The highest BCUT2D eigenvalue weighted by molar-refractivity contribution is 7.16. The first kappa shape index (κ1) is 14.1. The van der Waals surface area contributed by atoms with Crippen LogP contribution in [0.4, 0.5) is 0 Å². The molecule has 0 aliphatic heterocycles. The highest BCUT2D eigenvalue weighted by Gasteiger charge is 2.27. The third kappa shape index (κ3) is 2.93. The zero-order chi connectivity index (χ0) is 13.9. The molecule has 0 amide bonds. The third-order valence-electron chi connectivity index (χ3n) is 4.18. The van der Waals surface area contributed by atoms with Gasteiger partial charge in [-0.15, -0.1) is 11.3 Å². The second-order valence-corrected chi connectivity index (χ2v) is 7.20. The predicted octanol–water partition coefficient (Wildman–Crippen LogP) is 4.86. The number of halogens is 1. The lowest BCUT2D eigenvalue weighted by Crippen LogP contribution is -2.31. The number of hydrogen-bond donors (Lipinski definition) is 1. The van der Waals surface area contributed by atoms with E-state index in [0.717, 1.165) is 10.9 Å². The molecule has 1 nitrogen and oxygen atoms in total. The van der Waals surface area contributed by atoms with E-state index in [4.69, 9.17) is 11.6 Å². The van der Waals surface area contributed by atoms with Crippen molar-refractivity contribution >= 4 is 22.9 Å². The van der Waals surface area contributed by atoms with Crippen LogP contribution in [-0.4, -0.2) is 6.54 Å². The maximum absolute atomic E-state index is 6.12. The topological polar surface area (TPSA) is 12.0 Å². The minimum atomic E-state index is 0.436. The van der Waals surface area contributed by atoms with Crippen LogP contribution in [0.1, 0.15) is 35.4 Å². The molecule has 20 heavy (non-hydrogen) atoms. The van der Waals surface area contributed by atoms with Crippen molar-refractivity contribution in [2.24, 2.45) is 5.92 Å². The highest BCUT2D eigenvalue weighted by atomic mass is 35.5. The molecule has 3 rings (SSSR count). The van der Waals surface area contributed by atoms with Gasteiger partial charge >= 0.3 is 0 Å². The van der Waals surface area contributed by atoms with Crippen LogP contribution in [0.25, 0.3) is 0 Å². The van der Waals surface area contributed by atoms with Crippen molar-refractivity contribution in [3.8, 4) is 0 Å². The lowest BCUT2D eigenvalue weighted by Gasteiger charge is -2.31. The molecular weight excluding hydrogens is 286 g/mol. The van der Waals surface area contributed by atoms with Crippen LogP contribution >= 0.6 is 22.9 Å². The second-order valence-electron chi connectivity index (χ2n) is 5.45. The summed E-state index contributed by atoms with van der Waals surface area (Å²) in [7, 11) is 0. The van der Waals surface area contributed by atoms with Gasteiger partial charge in [-0.25, -0.2) is 0 Å². The van der Waals surface area contributed by atoms with Gasteiger partial charge in [0.05, 0.1) is 4.34 Å². The molecule has 0 spiro atoms. The first-order valence-corrected chi connectivity index (χ1v) is 8.52. The molecule has 0 radical (unpaired) electrons. The molecule has 1 N–H and O–H groups in total. The Kier molecular flexibility index (Phi) is 4.45. The molecule has 0 saturated heterocycles. The number of benzene rings is 1. The van der Waals surface area contributed by atoms with Gasteiger partial charge in [0.1, 0.15) is 0 Å². The SMILES string of the molecule is CCNC(c1ccc(Cl)s1)C1CCc2ccccc2C1. The van der Waals surface area contributed by atoms with E-state index in [1.54, 1.807) is 11.3 Å². The normalized spacial score (nSPS) is 19.6. The lowest BCUT2D eigenvalue weighted by atomic mass is 9.79. The summed E-state index contributed by atoms with van der Waals surface area (Å²) < 4.78 is 0.888. The summed E-state index contributed by atoms with van der Waals surface area (Å²) in [6, 6.07) is 13.5. The van der Waals surface area contributed by atoms with Crippen LogP contribution in [0, 0.1) is 5.92 Å². The Morgan fingerprint density at radius 1 is 1.25 bits per heavy atom. The van der Waals surface area contributed by atoms with Crippen LogP contribution in [0.15, 0.2) is 36.4 Å². The van der Waals surface area contributed by atoms with Gasteiger partial charge in [0, 0.05) is 10.9 Å². The quantitative estimate of drug-likeness (QED) is 0.851. The minimum Gasteiger partial charge on any atom is -0.309 e. The van der Waals surface area contributed by atoms with Crippen molar-refractivity contribution < 1.29 is 0 Å². The third-order valence-corrected chi connectivity index (χ3v) is 5.50. The Morgan fingerprint density at radius 3 is 2.75 bits per heavy atom. The Morgan fingerprint density at radius 2 is 2.05 bits per heavy atom. The molecule has 1 heterocycles. The highest BCUT2D eigenvalue weighted by Crippen LogP contribution is 2.37. The Labute approximate surface area is 130 Å². The van der Waals surface area contributed by atoms with Crippen LogP contribution < -0.4 is 5.32 Å². The molecule has 2 aromatic rings. The van der Waals surface area contributed by atoms with Gasteiger partial charge < -0.3 is 5.32 Å². The zero-order valence-corrected chi connectivity index (χ0v) is 13.3. The molecule has 2 unspecified atom stereocenters. The molecule has 0 fully saturated rings. The number of fused-ring (bicyclic) bond motifs is 1. The Bertz CT molecular complexity index is 578. The molecule has 1 aromatic heterocycles. The van der Waals surface area contributed by atoms with E-state index >= 15 is 0 Å². The largest absolute Gasteiger partial charge is 0.309 e. The Balaban J connectivity index is 1.83. The fraction of sp³-hybridized carbons (Fsp3) is 0.412. The predicted molar refractivity (Wildman–Crippen MR) is 87.7 cm³/mol. The van der Waals surface area contributed by atoms with Crippen molar-refractivity contribution in [2.45, 2.75) is 32.2 Å². The summed E-state index contributed by atoms with van der Waals surface area (Å²) in [6.45, 7) is 3.18. The van der Waals surface area contributed by atoms with E-state index in [0.29, 0.717) is 12.0 Å². The van der Waals surface area contributed by atoms with E-state index in [9.17, 15) is 0 Å². The maximum Gasteiger partial charge on any atom is 0.0931 e. The molecular formula is C17H20ClNS. The summed E-state index contributed by atoms with van der Waals surface area (Å²) in [4.78, 5) is 1.38. The van der Waals surface area contributed by atoms with Gasteiger partial charge in [-0.3, -0.25) is 0 Å². The number of hydrogen-bond acceptors (Lipinski definition) is 2. The van der Waals surface area contributed by atoms with Gasteiger partial charge in [-0.1, -0.05) is 42.8 Å². The van der Waals surface area contributed by atoms with Crippen LogP contribution in [0.5, 0.6) is 0 Å². The Hall–Kier alpha value is -0.830. The summed E-state index contributed by atoms with van der Waals surface area (Å²) >= 11 is 7.83. The smallest absolute Gasteiger partial charge is 0.0931 e. The first-order valence-electron chi connectivity index (χ1n) is 7.33. The number of aryl methyl sites for hydroxylation is 1. The van der Waals surface area contributed by atoms with Gasteiger partial charge in [-0.05, 0) is 55.0 Å². The van der Waals surface area contributed by atoms with Crippen molar-refractivity contribution in [3.63, 3.8) is 0 Å². The summed E-state index contributed by atoms with van der Waals surface area (Å²) in [5, 5.41) is 3.66. The van der Waals surface area contributed by atoms with E-state index in [2.05, 4.69) is 42.6 Å². The van der Waals surface area contributed by atoms with Crippen molar-refractivity contribution in [3.05, 3.63) is 56.7 Å². The van der Waals surface area contributed by atoms with Crippen LogP contribution in [0.2, 0.25) is 4.34 Å². The van der Waals surface area contributed by atoms with E-state index < -0.39 is 0 Å². The fourth-order valence-corrected chi connectivity index (χ4v) is 4.46. The summed E-state index contributed by atoms with van der Waals surface area (Å²) in [5.41, 5.74) is 3.05. The standard InChI is InChI=1S/C17H20ClNS/c1-2-19-17(15-9-10-16(18)20-15)14-8-7-12-5-3-4-6-13(12)11-14/h3-6,9-10,14,17,19H,2,7-8,11H2,1H3. The molecule has 2 atom stereocenters. The number of thiophene rings is 1.